The molecule has 0 spiro atoms. The number of aliphatic hydroxyl groups is 1. The first-order chi connectivity index (χ1) is 14.6. The first-order valence-electron chi connectivity index (χ1n) is 9.47. The summed E-state index contributed by atoms with van der Waals surface area (Å²) in [4.78, 5) is 3.30. The van der Waals surface area contributed by atoms with Crippen molar-refractivity contribution in [2.75, 3.05) is 13.2 Å². The average Bonchev–Trinajstić information content (AvgIpc) is 3.28. The van der Waals surface area contributed by atoms with Gasteiger partial charge in [0.1, 0.15) is 11.5 Å². The van der Waals surface area contributed by atoms with Crippen molar-refractivity contribution in [2.24, 2.45) is 0 Å². The van der Waals surface area contributed by atoms with Gasteiger partial charge in [0.25, 0.3) is 0 Å². The van der Waals surface area contributed by atoms with E-state index < -0.39 is 23.7 Å². The summed E-state index contributed by atoms with van der Waals surface area (Å²) < 4.78 is 18.0. The fraction of sp³-hybridized carbons (Fsp3) is 0.333. The standard InChI is InChI=1S/C21H23Cl2FN4O2/c22-19(23)11-26-18(9-24)21(29)17-7-5-16(6-8-17)15-3-1-14(2-4-15)10-25-12-20-27-13-30-28-20/h1-8,13,18-19,21,25-26,29H,9-12H2. The van der Waals surface area contributed by atoms with Crippen molar-refractivity contribution in [3.63, 3.8) is 0 Å². The van der Waals surface area contributed by atoms with Crippen molar-refractivity contribution in [1.29, 1.82) is 0 Å². The van der Waals surface area contributed by atoms with E-state index in [9.17, 15) is 9.50 Å². The molecule has 1 aromatic heterocycles. The van der Waals surface area contributed by atoms with E-state index in [-0.39, 0.29) is 6.54 Å². The summed E-state index contributed by atoms with van der Waals surface area (Å²) in [6, 6.07) is 14.8. The summed E-state index contributed by atoms with van der Waals surface area (Å²) in [5, 5.41) is 20.3. The van der Waals surface area contributed by atoms with Gasteiger partial charge >= 0.3 is 0 Å². The third kappa shape index (κ3) is 6.48. The summed E-state index contributed by atoms with van der Waals surface area (Å²) in [7, 11) is 0. The first kappa shape index (κ1) is 22.7. The van der Waals surface area contributed by atoms with Crippen LogP contribution in [0, 0.1) is 0 Å². The number of alkyl halides is 3. The second-order valence-corrected chi connectivity index (χ2v) is 8.05. The van der Waals surface area contributed by atoms with Crippen molar-refractivity contribution >= 4 is 23.2 Å². The third-order valence-electron chi connectivity index (χ3n) is 4.64. The second kappa shape index (κ2) is 11.4. The lowest BCUT2D eigenvalue weighted by Crippen LogP contribution is -2.39. The predicted octanol–water partition coefficient (Wildman–Crippen LogP) is 3.79. The zero-order valence-electron chi connectivity index (χ0n) is 16.1. The Balaban J connectivity index is 1.57. The van der Waals surface area contributed by atoms with E-state index in [2.05, 4.69) is 20.8 Å². The van der Waals surface area contributed by atoms with E-state index in [1.807, 2.05) is 36.4 Å². The molecule has 3 aromatic rings. The van der Waals surface area contributed by atoms with Crippen molar-refractivity contribution < 1.29 is 14.0 Å². The van der Waals surface area contributed by atoms with E-state index in [1.54, 1.807) is 12.1 Å². The Morgan fingerprint density at radius 3 is 2.23 bits per heavy atom. The van der Waals surface area contributed by atoms with Crippen LogP contribution in [-0.2, 0) is 13.1 Å². The van der Waals surface area contributed by atoms with E-state index >= 15 is 0 Å². The summed E-state index contributed by atoms with van der Waals surface area (Å²) in [5.41, 5.74) is 3.80. The third-order valence-corrected chi connectivity index (χ3v) is 4.95. The zero-order valence-corrected chi connectivity index (χ0v) is 17.7. The van der Waals surface area contributed by atoms with Crippen molar-refractivity contribution in [3.8, 4) is 11.1 Å². The Kier molecular flexibility index (Phi) is 8.60. The number of aromatic nitrogens is 2. The number of nitrogens with one attached hydrogen (secondary N) is 2. The zero-order chi connectivity index (χ0) is 21.3. The molecule has 2 atom stereocenters. The highest BCUT2D eigenvalue weighted by molar-refractivity contribution is 6.44. The van der Waals surface area contributed by atoms with Gasteiger partial charge in [0.15, 0.2) is 5.82 Å². The molecule has 2 aromatic carbocycles. The van der Waals surface area contributed by atoms with Crippen LogP contribution >= 0.6 is 23.2 Å². The quantitative estimate of drug-likeness (QED) is 0.384. The average molecular weight is 453 g/mol. The molecular formula is C21H23Cl2FN4O2. The summed E-state index contributed by atoms with van der Waals surface area (Å²) >= 11 is 11.3. The number of hydrogen-bond acceptors (Lipinski definition) is 6. The van der Waals surface area contributed by atoms with Crippen molar-refractivity contribution in [1.82, 2.24) is 20.8 Å². The molecule has 0 radical (unpaired) electrons. The van der Waals surface area contributed by atoms with Crippen molar-refractivity contribution in [2.45, 2.75) is 30.1 Å². The monoisotopic (exact) mass is 452 g/mol. The summed E-state index contributed by atoms with van der Waals surface area (Å²) in [6.45, 7) is 0.686. The molecule has 0 saturated heterocycles. The van der Waals surface area contributed by atoms with Gasteiger partial charge in [-0.15, -0.1) is 23.2 Å². The van der Waals surface area contributed by atoms with Crippen LogP contribution in [0.1, 0.15) is 23.1 Å². The molecule has 9 heteroatoms. The van der Waals surface area contributed by atoms with Crippen LogP contribution in [0.15, 0.2) is 59.4 Å². The molecule has 3 N–H and O–H groups in total. The summed E-state index contributed by atoms with van der Waals surface area (Å²) in [5.74, 6) is 0.615. The highest BCUT2D eigenvalue weighted by Crippen LogP contribution is 2.24. The fourth-order valence-corrected chi connectivity index (χ4v) is 3.18. The number of nitrogens with zero attached hydrogens (tertiary/aromatic N) is 2. The molecule has 2 unspecified atom stereocenters. The molecule has 0 amide bonds. The molecule has 0 aliphatic rings. The smallest absolute Gasteiger partial charge is 0.213 e. The van der Waals surface area contributed by atoms with E-state index in [4.69, 9.17) is 27.7 Å². The van der Waals surface area contributed by atoms with Gasteiger partial charge in [0.05, 0.1) is 18.7 Å². The minimum atomic E-state index is -0.996. The lowest BCUT2D eigenvalue weighted by molar-refractivity contribution is 0.114. The van der Waals surface area contributed by atoms with Crippen LogP contribution < -0.4 is 10.6 Å². The Hall–Kier alpha value is -2.03. The fourth-order valence-electron chi connectivity index (χ4n) is 3.00. The molecule has 0 bridgehead atoms. The second-order valence-electron chi connectivity index (χ2n) is 6.77. The normalized spacial score (nSPS) is 13.5. The number of rotatable bonds is 11. The maximum atomic E-state index is 13.3. The van der Waals surface area contributed by atoms with Crippen LogP contribution in [-0.4, -0.2) is 39.3 Å². The largest absolute Gasteiger partial charge is 0.387 e. The molecule has 0 aliphatic heterocycles. The van der Waals surface area contributed by atoms with Crippen LogP contribution in [0.5, 0.6) is 0 Å². The van der Waals surface area contributed by atoms with Gasteiger partial charge in [-0.2, -0.15) is 4.98 Å². The molecule has 3 rings (SSSR count). The highest BCUT2D eigenvalue weighted by atomic mass is 35.5. The van der Waals surface area contributed by atoms with Crippen LogP contribution in [0.4, 0.5) is 4.39 Å². The molecule has 6 nitrogen and oxygen atoms in total. The number of aliphatic hydroxyl groups excluding tert-OH is 1. The van der Waals surface area contributed by atoms with Gasteiger partial charge in [0.2, 0.25) is 6.39 Å². The minimum absolute atomic E-state index is 0.198. The Bertz CT molecular complexity index is 877. The Morgan fingerprint density at radius 2 is 1.67 bits per heavy atom. The molecule has 0 aliphatic carbocycles. The van der Waals surface area contributed by atoms with Gasteiger partial charge in [-0.3, -0.25) is 0 Å². The van der Waals surface area contributed by atoms with E-state index in [1.165, 1.54) is 6.39 Å². The molecule has 0 fully saturated rings. The maximum Gasteiger partial charge on any atom is 0.213 e. The molecule has 1 heterocycles. The number of halogens is 3. The Morgan fingerprint density at radius 1 is 1.00 bits per heavy atom. The van der Waals surface area contributed by atoms with Crippen LogP contribution in [0.25, 0.3) is 11.1 Å². The molecule has 160 valence electrons. The molecular weight excluding hydrogens is 430 g/mol. The van der Waals surface area contributed by atoms with E-state index in [0.29, 0.717) is 24.5 Å². The highest BCUT2D eigenvalue weighted by Gasteiger charge is 2.21. The van der Waals surface area contributed by atoms with Crippen LogP contribution in [0.3, 0.4) is 0 Å². The lowest BCUT2D eigenvalue weighted by atomic mass is 9.98. The molecule has 0 saturated carbocycles. The maximum absolute atomic E-state index is 13.3. The van der Waals surface area contributed by atoms with Gasteiger partial charge in [0, 0.05) is 13.1 Å². The Labute approximate surface area is 184 Å². The number of benzene rings is 2. The van der Waals surface area contributed by atoms with Crippen LogP contribution in [0.2, 0.25) is 0 Å². The number of hydrogen-bond donors (Lipinski definition) is 3. The van der Waals surface area contributed by atoms with Gasteiger partial charge in [-0.25, -0.2) is 4.39 Å². The van der Waals surface area contributed by atoms with Crippen molar-refractivity contribution in [3.05, 3.63) is 71.9 Å². The van der Waals surface area contributed by atoms with Gasteiger partial charge < -0.3 is 20.3 Å². The first-order valence-corrected chi connectivity index (χ1v) is 10.3. The van der Waals surface area contributed by atoms with E-state index in [0.717, 1.165) is 16.7 Å². The van der Waals surface area contributed by atoms with Gasteiger partial charge in [-0.05, 0) is 22.3 Å². The predicted molar refractivity (Wildman–Crippen MR) is 115 cm³/mol. The summed E-state index contributed by atoms with van der Waals surface area (Å²) in [6.07, 6.45) is 0.308. The van der Waals surface area contributed by atoms with Gasteiger partial charge in [-0.1, -0.05) is 53.7 Å². The minimum Gasteiger partial charge on any atom is -0.387 e. The topological polar surface area (TPSA) is 83.2 Å². The molecule has 30 heavy (non-hydrogen) atoms. The SMILES string of the molecule is OC(c1ccc(-c2ccc(CNCc3ncon3)cc2)cc1)C(CF)NCC(Cl)Cl. The lowest BCUT2D eigenvalue weighted by Gasteiger charge is -2.22.